The highest BCUT2D eigenvalue weighted by Crippen LogP contribution is 2.32. The van der Waals surface area contributed by atoms with Crippen molar-refractivity contribution in [3.8, 4) is 0 Å². The van der Waals surface area contributed by atoms with Gasteiger partial charge in [-0.3, -0.25) is 4.79 Å². The lowest BCUT2D eigenvalue weighted by Crippen LogP contribution is -2.45. The number of aliphatic hydroxyl groups is 1. The van der Waals surface area contributed by atoms with Crippen molar-refractivity contribution in [1.29, 1.82) is 0 Å². The van der Waals surface area contributed by atoms with E-state index in [0.29, 0.717) is 25.9 Å². The summed E-state index contributed by atoms with van der Waals surface area (Å²) in [4.78, 5) is 12.6. The number of nitrogens with zero attached hydrogens (tertiary/aromatic N) is 1. The minimum Gasteiger partial charge on any atom is -0.385 e. The molecule has 17 heavy (non-hydrogen) atoms. The molecule has 1 atom stereocenters. The lowest BCUT2D eigenvalue weighted by atomic mass is 9.84. The Balaban J connectivity index is 2.18. The third kappa shape index (κ3) is 2.53. The van der Waals surface area contributed by atoms with Crippen LogP contribution < -0.4 is 5.30 Å². The van der Waals surface area contributed by atoms with Gasteiger partial charge in [0.05, 0.1) is 5.60 Å². The second-order valence-electron chi connectivity index (χ2n) is 4.44. The molecule has 0 saturated carbocycles. The van der Waals surface area contributed by atoms with Gasteiger partial charge in [0.25, 0.3) is 0 Å². The number of benzene rings is 1. The number of likely N-dealkylation sites (tertiary alicyclic amines) is 1. The zero-order valence-electron chi connectivity index (χ0n) is 9.60. The van der Waals surface area contributed by atoms with Gasteiger partial charge in [0.1, 0.15) is 0 Å². The fourth-order valence-electron chi connectivity index (χ4n) is 2.29. The van der Waals surface area contributed by atoms with Crippen LogP contribution in [0.15, 0.2) is 24.3 Å². The predicted molar refractivity (Wildman–Crippen MR) is 71.6 cm³/mol. The Bertz CT molecular complexity index is 430. The summed E-state index contributed by atoms with van der Waals surface area (Å²) >= 11 is 0. The van der Waals surface area contributed by atoms with E-state index in [2.05, 4.69) is 9.24 Å². The van der Waals surface area contributed by atoms with Crippen molar-refractivity contribution in [1.82, 2.24) is 4.90 Å². The fraction of sp³-hybridized carbons (Fsp3) is 0.417. The zero-order valence-corrected chi connectivity index (χ0v) is 10.7. The first-order chi connectivity index (χ1) is 8.03. The molecular formula is C12H15BNO2P. The molecule has 1 aliphatic heterocycles. The van der Waals surface area contributed by atoms with Crippen LogP contribution in [0.5, 0.6) is 0 Å². The van der Waals surface area contributed by atoms with Crippen LogP contribution in [-0.2, 0) is 5.60 Å². The van der Waals surface area contributed by atoms with E-state index >= 15 is 0 Å². The number of hydrogen-bond donors (Lipinski definition) is 1. The third-order valence-corrected chi connectivity index (χ3v) is 3.87. The topological polar surface area (TPSA) is 40.5 Å². The van der Waals surface area contributed by atoms with E-state index in [1.807, 2.05) is 24.3 Å². The van der Waals surface area contributed by atoms with E-state index in [0.717, 1.165) is 10.9 Å². The molecule has 1 aromatic carbocycles. The van der Waals surface area contributed by atoms with Crippen LogP contribution >= 0.6 is 9.24 Å². The first-order valence-electron chi connectivity index (χ1n) is 5.65. The van der Waals surface area contributed by atoms with Crippen LogP contribution in [0.2, 0.25) is 0 Å². The number of hydrogen-bond acceptors (Lipinski definition) is 2. The summed E-state index contributed by atoms with van der Waals surface area (Å²) < 4.78 is 0. The first-order valence-corrected chi connectivity index (χ1v) is 6.22. The maximum atomic E-state index is 11.0. The van der Waals surface area contributed by atoms with Crippen molar-refractivity contribution >= 4 is 28.2 Å². The highest BCUT2D eigenvalue weighted by Gasteiger charge is 2.35. The van der Waals surface area contributed by atoms with E-state index in [4.69, 9.17) is 7.85 Å². The zero-order chi connectivity index (χ0) is 12.5. The Morgan fingerprint density at radius 2 is 1.94 bits per heavy atom. The smallest absolute Gasteiger partial charge is 0.200 e. The van der Waals surface area contributed by atoms with Crippen molar-refractivity contribution < 1.29 is 9.90 Å². The lowest BCUT2D eigenvalue weighted by molar-refractivity contribution is -0.0139. The summed E-state index contributed by atoms with van der Waals surface area (Å²) in [5, 5.41) is 11.6. The number of rotatable bonds is 1. The summed E-state index contributed by atoms with van der Waals surface area (Å²) in [5.74, 6) is -0.411. The normalized spacial score (nSPS) is 19.1. The second kappa shape index (κ2) is 4.79. The predicted octanol–water partition coefficient (Wildman–Crippen LogP) is 0.759. The molecule has 1 unspecified atom stereocenters. The fourth-order valence-corrected chi connectivity index (χ4v) is 2.76. The minimum atomic E-state index is -0.843. The molecule has 1 saturated heterocycles. The van der Waals surface area contributed by atoms with Gasteiger partial charge in [-0.1, -0.05) is 24.3 Å². The highest BCUT2D eigenvalue weighted by atomic mass is 31.0. The Morgan fingerprint density at radius 1 is 1.35 bits per heavy atom. The van der Waals surface area contributed by atoms with Gasteiger partial charge in [-0.2, -0.15) is 0 Å². The molecular weight excluding hydrogens is 232 g/mol. The van der Waals surface area contributed by atoms with Crippen LogP contribution in [0.1, 0.15) is 18.4 Å². The van der Waals surface area contributed by atoms with Gasteiger partial charge < -0.3 is 10.0 Å². The molecule has 1 amide bonds. The van der Waals surface area contributed by atoms with Gasteiger partial charge in [0.2, 0.25) is 7.85 Å². The van der Waals surface area contributed by atoms with Crippen molar-refractivity contribution in [3.63, 3.8) is 0 Å². The largest absolute Gasteiger partial charge is 0.385 e. The van der Waals surface area contributed by atoms with Crippen molar-refractivity contribution in [2.24, 2.45) is 0 Å². The van der Waals surface area contributed by atoms with E-state index in [1.54, 1.807) is 4.90 Å². The van der Waals surface area contributed by atoms with Gasteiger partial charge in [0, 0.05) is 13.1 Å². The van der Waals surface area contributed by atoms with Gasteiger partial charge in [0.15, 0.2) is 5.81 Å². The molecule has 1 fully saturated rings. The molecule has 0 aromatic heterocycles. The van der Waals surface area contributed by atoms with Crippen molar-refractivity contribution in [3.05, 3.63) is 29.8 Å². The number of carbonyl (C=O) groups excluding carboxylic acids is 1. The Labute approximate surface area is 105 Å². The molecule has 1 N–H and O–H groups in total. The Morgan fingerprint density at radius 3 is 2.47 bits per heavy atom. The summed E-state index contributed by atoms with van der Waals surface area (Å²) in [6, 6.07) is 7.75. The van der Waals surface area contributed by atoms with E-state index in [-0.39, 0.29) is 0 Å². The summed E-state index contributed by atoms with van der Waals surface area (Å²) in [7, 11) is 7.86. The minimum absolute atomic E-state index is 0.411. The first kappa shape index (κ1) is 12.6. The molecule has 1 heterocycles. The van der Waals surface area contributed by atoms with Crippen molar-refractivity contribution in [2.75, 3.05) is 13.1 Å². The van der Waals surface area contributed by atoms with Crippen LogP contribution in [-0.4, -0.2) is 36.7 Å². The molecule has 2 rings (SSSR count). The van der Waals surface area contributed by atoms with E-state index in [1.165, 1.54) is 0 Å². The molecule has 1 aliphatic rings. The lowest BCUT2D eigenvalue weighted by Gasteiger charge is -2.39. The van der Waals surface area contributed by atoms with Crippen LogP contribution in [0.4, 0.5) is 4.79 Å². The van der Waals surface area contributed by atoms with Gasteiger partial charge >= 0.3 is 0 Å². The number of carbonyl (C=O) groups is 1. The summed E-state index contributed by atoms with van der Waals surface area (Å²) in [6.07, 6.45) is 1.06. The van der Waals surface area contributed by atoms with Gasteiger partial charge in [-0.15, -0.1) is 9.24 Å². The van der Waals surface area contributed by atoms with E-state index in [9.17, 15) is 9.90 Å². The Kier molecular flexibility index (Phi) is 3.55. The third-order valence-electron chi connectivity index (χ3n) is 3.36. The molecule has 5 heteroatoms. The Hall–Kier alpha value is -0.855. The molecule has 1 aromatic rings. The van der Waals surface area contributed by atoms with Crippen LogP contribution in [0.25, 0.3) is 0 Å². The van der Waals surface area contributed by atoms with Gasteiger partial charge in [-0.05, 0) is 23.7 Å². The molecule has 0 bridgehead atoms. The van der Waals surface area contributed by atoms with Crippen LogP contribution in [0, 0.1) is 0 Å². The van der Waals surface area contributed by atoms with E-state index < -0.39 is 11.4 Å². The summed E-state index contributed by atoms with van der Waals surface area (Å²) in [6.45, 7) is 1.01. The number of piperidine rings is 1. The molecule has 3 nitrogen and oxygen atoms in total. The SMILES string of the molecule is [B]C(=O)N1CCC(O)(c2ccccc2P)CC1. The average molecular weight is 247 g/mol. The maximum absolute atomic E-state index is 11.0. The second-order valence-corrected chi connectivity index (χ2v) is 5.07. The number of amides is 1. The quantitative estimate of drug-likeness (QED) is 0.587. The molecule has 0 aliphatic carbocycles. The highest BCUT2D eigenvalue weighted by molar-refractivity contribution is 7.27. The standard InChI is InChI=1S/C12H15BNO2P/c13-11(15)14-7-5-12(16,6-8-14)9-3-1-2-4-10(9)17/h1-4,16H,5-8,17H2. The average Bonchev–Trinajstić information content (AvgIpc) is 2.30. The summed E-state index contributed by atoms with van der Waals surface area (Å²) in [5.41, 5.74) is 0.0821. The van der Waals surface area contributed by atoms with Gasteiger partial charge in [-0.25, -0.2) is 0 Å². The monoisotopic (exact) mass is 247 g/mol. The van der Waals surface area contributed by atoms with Crippen molar-refractivity contribution in [2.45, 2.75) is 18.4 Å². The van der Waals surface area contributed by atoms with Crippen LogP contribution in [0.3, 0.4) is 0 Å². The molecule has 88 valence electrons. The maximum Gasteiger partial charge on any atom is 0.200 e. The molecule has 0 spiro atoms. The molecule has 2 radical (unpaired) electrons.